The van der Waals surface area contributed by atoms with Gasteiger partial charge in [0, 0.05) is 0 Å². The van der Waals surface area contributed by atoms with Gasteiger partial charge in [-0.15, -0.1) is 0 Å². The summed E-state index contributed by atoms with van der Waals surface area (Å²) in [6, 6.07) is 2.98. The van der Waals surface area contributed by atoms with Crippen LogP contribution in [0.2, 0.25) is 0 Å². The second-order valence-electron chi connectivity index (χ2n) is 3.50. The van der Waals surface area contributed by atoms with Crippen LogP contribution in [0.1, 0.15) is 22.7 Å². The molecular weight excluding hydrogens is 205 g/mol. The molecule has 5 heteroatoms. The highest BCUT2D eigenvalue weighted by Crippen LogP contribution is 2.33. The molecule has 1 aromatic carbocycles. The van der Waals surface area contributed by atoms with Crippen molar-refractivity contribution in [3.8, 4) is 0 Å². The summed E-state index contributed by atoms with van der Waals surface area (Å²) in [6.07, 6.45) is -4.38. The Bertz CT molecular complexity index is 347. The molecule has 0 saturated carbocycles. The molecular formula is C10H13F3N2. The number of benzene rings is 1. The van der Waals surface area contributed by atoms with Gasteiger partial charge in [-0.1, -0.05) is 23.8 Å². The lowest BCUT2D eigenvalue weighted by Crippen LogP contribution is -2.38. The zero-order chi connectivity index (χ0) is 11.6. The zero-order valence-electron chi connectivity index (χ0n) is 8.52. The van der Waals surface area contributed by atoms with Crippen molar-refractivity contribution in [3.05, 3.63) is 34.9 Å². The van der Waals surface area contributed by atoms with E-state index in [1.807, 2.05) is 6.92 Å². The summed E-state index contributed by atoms with van der Waals surface area (Å²) in [5.74, 6) is 4.93. The molecule has 0 bridgehead atoms. The molecule has 0 saturated heterocycles. The number of hydrogen-bond donors (Lipinski definition) is 2. The van der Waals surface area contributed by atoms with Gasteiger partial charge in [-0.3, -0.25) is 5.84 Å². The predicted octanol–water partition coefficient (Wildman–Crippen LogP) is 2.37. The standard InChI is InChI=1S/C10H13F3N2/c1-6-3-4-8(7(2)5-6)9(15-14)10(11,12)13/h3-5,9,15H,14H2,1-2H3. The summed E-state index contributed by atoms with van der Waals surface area (Å²) < 4.78 is 37.6. The van der Waals surface area contributed by atoms with Gasteiger partial charge in [0.25, 0.3) is 0 Å². The van der Waals surface area contributed by atoms with Crippen LogP contribution in [-0.4, -0.2) is 6.18 Å². The van der Waals surface area contributed by atoms with Crippen LogP contribution in [0.4, 0.5) is 13.2 Å². The Morgan fingerprint density at radius 3 is 2.27 bits per heavy atom. The fraction of sp³-hybridized carbons (Fsp3) is 0.400. The summed E-state index contributed by atoms with van der Waals surface area (Å²) in [6.45, 7) is 3.47. The number of rotatable bonds is 2. The molecule has 1 unspecified atom stereocenters. The number of hydrogen-bond acceptors (Lipinski definition) is 2. The number of aryl methyl sites for hydroxylation is 2. The Morgan fingerprint density at radius 1 is 1.27 bits per heavy atom. The van der Waals surface area contributed by atoms with Crippen LogP contribution in [0.5, 0.6) is 0 Å². The summed E-state index contributed by atoms with van der Waals surface area (Å²) >= 11 is 0. The first kappa shape index (κ1) is 12.0. The van der Waals surface area contributed by atoms with Gasteiger partial charge in [-0.25, -0.2) is 5.43 Å². The monoisotopic (exact) mass is 218 g/mol. The van der Waals surface area contributed by atoms with Crippen LogP contribution in [0, 0.1) is 13.8 Å². The Balaban J connectivity index is 3.13. The van der Waals surface area contributed by atoms with Crippen LogP contribution in [-0.2, 0) is 0 Å². The normalized spacial score (nSPS) is 14.0. The number of nitrogens with two attached hydrogens (primary N) is 1. The average molecular weight is 218 g/mol. The highest BCUT2D eigenvalue weighted by molar-refractivity contribution is 5.33. The molecule has 0 aliphatic heterocycles. The van der Waals surface area contributed by atoms with Crippen LogP contribution >= 0.6 is 0 Å². The van der Waals surface area contributed by atoms with Crippen LogP contribution in [0.15, 0.2) is 18.2 Å². The molecule has 0 amide bonds. The smallest absolute Gasteiger partial charge is 0.271 e. The quantitative estimate of drug-likeness (QED) is 0.590. The van der Waals surface area contributed by atoms with E-state index in [1.165, 1.54) is 6.07 Å². The van der Waals surface area contributed by atoms with Gasteiger partial charge in [-0.2, -0.15) is 13.2 Å². The van der Waals surface area contributed by atoms with Gasteiger partial charge in [-0.05, 0) is 25.0 Å². The maximum Gasteiger partial charge on any atom is 0.409 e. The highest BCUT2D eigenvalue weighted by Gasteiger charge is 2.40. The highest BCUT2D eigenvalue weighted by atomic mass is 19.4. The van der Waals surface area contributed by atoms with Gasteiger partial charge < -0.3 is 0 Å². The molecule has 0 spiro atoms. The van der Waals surface area contributed by atoms with Crippen molar-refractivity contribution in [2.45, 2.75) is 26.1 Å². The minimum absolute atomic E-state index is 0.163. The van der Waals surface area contributed by atoms with Gasteiger partial charge in [0.2, 0.25) is 0 Å². The third-order valence-corrected chi connectivity index (χ3v) is 2.23. The van der Waals surface area contributed by atoms with Crippen molar-refractivity contribution in [1.82, 2.24) is 5.43 Å². The minimum Gasteiger partial charge on any atom is -0.271 e. The zero-order valence-corrected chi connectivity index (χ0v) is 8.52. The summed E-state index contributed by atoms with van der Waals surface area (Å²) in [7, 11) is 0. The van der Waals surface area contributed by atoms with Crippen molar-refractivity contribution in [2.24, 2.45) is 5.84 Å². The topological polar surface area (TPSA) is 38.0 Å². The second-order valence-corrected chi connectivity index (χ2v) is 3.50. The first-order valence-corrected chi connectivity index (χ1v) is 4.46. The fourth-order valence-corrected chi connectivity index (χ4v) is 1.51. The minimum atomic E-state index is -4.38. The molecule has 2 nitrogen and oxygen atoms in total. The van der Waals surface area contributed by atoms with Gasteiger partial charge in [0.15, 0.2) is 0 Å². The molecule has 15 heavy (non-hydrogen) atoms. The van der Waals surface area contributed by atoms with Crippen LogP contribution < -0.4 is 11.3 Å². The predicted molar refractivity (Wildman–Crippen MR) is 52.0 cm³/mol. The molecule has 0 fully saturated rings. The first-order chi connectivity index (χ1) is 6.86. The van der Waals surface area contributed by atoms with E-state index in [0.717, 1.165) is 5.56 Å². The van der Waals surface area contributed by atoms with Crippen molar-refractivity contribution in [2.75, 3.05) is 0 Å². The van der Waals surface area contributed by atoms with Gasteiger partial charge >= 0.3 is 6.18 Å². The third-order valence-electron chi connectivity index (χ3n) is 2.23. The molecule has 0 aliphatic rings. The second kappa shape index (κ2) is 4.20. The van der Waals surface area contributed by atoms with E-state index in [2.05, 4.69) is 0 Å². The molecule has 0 radical (unpaired) electrons. The maximum atomic E-state index is 12.5. The van der Waals surface area contributed by atoms with E-state index >= 15 is 0 Å². The van der Waals surface area contributed by atoms with E-state index < -0.39 is 12.2 Å². The molecule has 1 rings (SSSR count). The summed E-state index contributed by atoms with van der Waals surface area (Å²) in [4.78, 5) is 0. The molecule has 0 heterocycles. The van der Waals surface area contributed by atoms with E-state index in [4.69, 9.17) is 5.84 Å². The van der Waals surface area contributed by atoms with Crippen molar-refractivity contribution in [1.29, 1.82) is 0 Å². The number of halogens is 3. The Hall–Kier alpha value is -1.07. The first-order valence-electron chi connectivity index (χ1n) is 4.46. The molecule has 0 aromatic heterocycles. The summed E-state index contributed by atoms with van der Waals surface area (Å²) in [5, 5.41) is 0. The Labute approximate surface area is 86.2 Å². The van der Waals surface area contributed by atoms with E-state index in [1.54, 1.807) is 24.5 Å². The number of nitrogens with one attached hydrogen (secondary N) is 1. The lowest BCUT2D eigenvalue weighted by molar-refractivity contribution is -0.158. The molecule has 84 valence electrons. The van der Waals surface area contributed by atoms with E-state index in [-0.39, 0.29) is 5.56 Å². The van der Waals surface area contributed by atoms with E-state index in [9.17, 15) is 13.2 Å². The number of hydrazine groups is 1. The van der Waals surface area contributed by atoms with E-state index in [0.29, 0.717) is 5.56 Å². The SMILES string of the molecule is Cc1ccc(C(NN)C(F)(F)F)c(C)c1. The van der Waals surface area contributed by atoms with Crippen molar-refractivity contribution < 1.29 is 13.2 Å². The molecule has 1 aromatic rings. The third kappa shape index (κ3) is 2.70. The maximum absolute atomic E-state index is 12.5. The van der Waals surface area contributed by atoms with Crippen molar-refractivity contribution in [3.63, 3.8) is 0 Å². The lowest BCUT2D eigenvalue weighted by Gasteiger charge is -2.21. The Morgan fingerprint density at radius 2 is 1.87 bits per heavy atom. The molecule has 1 atom stereocenters. The average Bonchev–Trinajstić information content (AvgIpc) is 2.07. The molecule has 3 N–H and O–H groups in total. The molecule has 0 aliphatic carbocycles. The largest absolute Gasteiger partial charge is 0.409 e. The fourth-order valence-electron chi connectivity index (χ4n) is 1.51. The van der Waals surface area contributed by atoms with Crippen LogP contribution in [0.25, 0.3) is 0 Å². The number of alkyl halides is 3. The van der Waals surface area contributed by atoms with Gasteiger partial charge in [0.1, 0.15) is 6.04 Å². The van der Waals surface area contributed by atoms with Gasteiger partial charge in [0.05, 0.1) is 0 Å². The summed E-state index contributed by atoms with van der Waals surface area (Å²) in [5.41, 5.74) is 3.46. The van der Waals surface area contributed by atoms with Crippen LogP contribution in [0.3, 0.4) is 0 Å². The van der Waals surface area contributed by atoms with Crippen molar-refractivity contribution >= 4 is 0 Å². The lowest BCUT2D eigenvalue weighted by atomic mass is 9.99. The Kier molecular flexibility index (Phi) is 3.36.